The molecule has 1 aromatic rings. The van der Waals surface area contributed by atoms with E-state index in [1.807, 2.05) is 12.1 Å². The first-order chi connectivity index (χ1) is 7.15. The Hall–Kier alpha value is -0.440. The van der Waals surface area contributed by atoms with Crippen molar-refractivity contribution in [3.05, 3.63) is 39.2 Å². The van der Waals surface area contributed by atoms with Gasteiger partial charge in [-0.05, 0) is 35.6 Å². The van der Waals surface area contributed by atoms with Crippen LogP contribution in [0.15, 0.2) is 34.1 Å². The summed E-state index contributed by atoms with van der Waals surface area (Å²) in [6, 6.07) is 5.49. The molecule has 1 nitrogen and oxygen atoms in total. The van der Waals surface area contributed by atoms with Gasteiger partial charge in [0.15, 0.2) is 5.78 Å². The molecule has 1 aliphatic rings. The van der Waals surface area contributed by atoms with Gasteiger partial charge in [-0.15, -0.1) is 0 Å². The number of rotatable bonds is 2. The van der Waals surface area contributed by atoms with Crippen LogP contribution in [0, 0.1) is 0 Å². The predicted molar refractivity (Wildman–Crippen MR) is 64.6 cm³/mol. The summed E-state index contributed by atoms with van der Waals surface area (Å²) in [4.78, 5) is 13.1. The topological polar surface area (TPSA) is 17.1 Å². The van der Waals surface area contributed by atoms with Gasteiger partial charge in [0.25, 0.3) is 0 Å². The van der Waals surface area contributed by atoms with E-state index in [-0.39, 0.29) is 5.78 Å². The van der Waals surface area contributed by atoms with E-state index in [0.29, 0.717) is 16.5 Å². The first-order valence-electron chi connectivity index (χ1n) is 4.51. The molecule has 0 spiro atoms. The van der Waals surface area contributed by atoms with Crippen molar-refractivity contribution < 1.29 is 4.79 Å². The molecule has 1 aliphatic carbocycles. The Morgan fingerprint density at radius 3 is 2.53 bits per heavy atom. The van der Waals surface area contributed by atoms with Crippen LogP contribution in [0.2, 0.25) is 10.0 Å². The summed E-state index contributed by atoms with van der Waals surface area (Å²) in [6.45, 7) is 0. The molecule has 0 aromatic heterocycles. The van der Waals surface area contributed by atoms with Crippen molar-refractivity contribution >= 4 is 40.7 Å². The summed E-state index contributed by atoms with van der Waals surface area (Å²) in [6.07, 6.45) is 3.17. The molecule has 78 valence electrons. The van der Waals surface area contributed by atoms with Gasteiger partial charge in [0, 0.05) is 11.3 Å². The smallest absolute Gasteiger partial charge is 0.156 e. The highest BCUT2D eigenvalue weighted by atomic mass is 35.5. The highest BCUT2D eigenvalue weighted by Crippen LogP contribution is 2.35. The minimum absolute atomic E-state index is 0.206. The maximum atomic E-state index is 11.0. The lowest BCUT2D eigenvalue weighted by Crippen LogP contribution is -1.80. The first-order valence-corrected chi connectivity index (χ1v) is 6.09. The Balaban J connectivity index is 2.14. The van der Waals surface area contributed by atoms with E-state index in [0.717, 1.165) is 16.2 Å². The quantitative estimate of drug-likeness (QED) is 0.786. The van der Waals surface area contributed by atoms with E-state index in [9.17, 15) is 4.79 Å². The lowest BCUT2D eigenvalue weighted by atomic mass is 10.3. The summed E-state index contributed by atoms with van der Waals surface area (Å²) >= 11 is 13.3. The fraction of sp³-hybridized carbons (Fsp3) is 0.182. The second-order valence-corrected chi connectivity index (χ2v) is 5.27. The first kappa shape index (κ1) is 11.1. The highest BCUT2D eigenvalue weighted by Gasteiger charge is 2.13. The second-order valence-electron chi connectivity index (χ2n) is 3.25. The second kappa shape index (κ2) is 4.60. The molecular weight excluding hydrogens is 251 g/mol. The Morgan fingerprint density at radius 2 is 1.93 bits per heavy atom. The summed E-state index contributed by atoms with van der Waals surface area (Å²) < 4.78 is 0. The minimum Gasteiger partial charge on any atom is -0.295 e. The van der Waals surface area contributed by atoms with Gasteiger partial charge < -0.3 is 0 Å². The zero-order valence-electron chi connectivity index (χ0n) is 7.80. The fourth-order valence-corrected chi connectivity index (χ4v) is 2.72. The molecule has 0 N–H and O–H groups in total. The van der Waals surface area contributed by atoms with E-state index in [1.54, 1.807) is 23.9 Å². The number of hydrogen-bond acceptors (Lipinski definition) is 2. The van der Waals surface area contributed by atoms with Crippen LogP contribution in [-0.4, -0.2) is 5.78 Å². The van der Waals surface area contributed by atoms with Gasteiger partial charge in [0.05, 0.1) is 10.0 Å². The van der Waals surface area contributed by atoms with Crippen molar-refractivity contribution in [3.63, 3.8) is 0 Å². The van der Waals surface area contributed by atoms with Crippen LogP contribution in [0.5, 0.6) is 0 Å². The van der Waals surface area contributed by atoms with Crippen molar-refractivity contribution in [1.82, 2.24) is 0 Å². The average molecular weight is 259 g/mol. The Labute approximate surface area is 102 Å². The van der Waals surface area contributed by atoms with E-state index in [1.165, 1.54) is 0 Å². The molecule has 4 heteroatoms. The van der Waals surface area contributed by atoms with Gasteiger partial charge in [-0.3, -0.25) is 4.79 Å². The molecule has 0 atom stereocenters. The van der Waals surface area contributed by atoms with Crippen LogP contribution in [0.1, 0.15) is 12.8 Å². The summed E-state index contributed by atoms with van der Waals surface area (Å²) in [5.74, 6) is 0.206. The molecule has 15 heavy (non-hydrogen) atoms. The number of halogens is 2. The largest absolute Gasteiger partial charge is 0.295 e. The van der Waals surface area contributed by atoms with Gasteiger partial charge in [0.2, 0.25) is 0 Å². The molecule has 0 bridgehead atoms. The van der Waals surface area contributed by atoms with E-state index < -0.39 is 0 Å². The summed E-state index contributed by atoms with van der Waals surface area (Å²) in [5, 5.41) is 1.10. The monoisotopic (exact) mass is 258 g/mol. The number of benzene rings is 1. The molecule has 2 rings (SSSR count). The van der Waals surface area contributed by atoms with Gasteiger partial charge in [-0.25, -0.2) is 0 Å². The molecule has 0 saturated carbocycles. The fourth-order valence-electron chi connectivity index (χ4n) is 1.34. The maximum Gasteiger partial charge on any atom is 0.156 e. The lowest BCUT2D eigenvalue weighted by Gasteiger charge is -2.02. The SMILES string of the molecule is O=C1C=C(Sc2ccc(Cl)c(Cl)c2)CC1. The molecule has 0 radical (unpaired) electrons. The average Bonchev–Trinajstić information content (AvgIpc) is 2.58. The third-order valence-corrected chi connectivity index (χ3v) is 3.89. The van der Waals surface area contributed by atoms with E-state index in [4.69, 9.17) is 23.2 Å². The van der Waals surface area contributed by atoms with Crippen molar-refractivity contribution in [2.75, 3.05) is 0 Å². The van der Waals surface area contributed by atoms with Gasteiger partial charge in [-0.2, -0.15) is 0 Å². The van der Waals surface area contributed by atoms with Crippen LogP contribution < -0.4 is 0 Å². The van der Waals surface area contributed by atoms with Gasteiger partial charge >= 0.3 is 0 Å². The number of carbonyl (C=O) groups excluding carboxylic acids is 1. The zero-order chi connectivity index (χ0) is 10.8. The van der Waals surface area contributed by atoms with Gasteiger partial charge in [0.1, 0.15) is 0 Å². The third-order valence-electron chi connectivity index (χ3n) is 2.08. The summed E-state index contributed by atoms with van der Waals surface area (Å²) in [7, 11) is 0. The van der Waals surface area contributed by atoms with Gasteiger partial charge in [-0.1, -0.05) is 35.0 Å². The standard InChI is InChI=1S/C11H8Cl2OS/c12-10-4-3-9(6-11(10)13)15-8-2-1-7(14)5-8/h3-6H,1-2H2. The van der Waals surface area contributed by atoms with E-state index >= 15 is 0 Å². The van der Waals surface area contributed by atoms with Crippen molar-refractivity contribution in [2.24, 2.45) is 0 Å². The highest BCUT2D eigenvalue weighted by molar-refractivity contribution is 8.03. The number of hydrogen-bond donors (Lipinski definition) is 0. The van der Waals surface area contributed by atoms with Crippen LogP contribution >= 0.6 is 35.0 Å². The molecule has 0 saturated heterocycles. The molecule has 1 aromatic carbocycles. The van der Waals surface area contributed by atoms with Crippen LogP contribution in [0.25, 0.3) is 0 Å². The molecule has 0 heterocycles. The Bertz CT molecular complexity index is 440. The number of ketones is 1. The van der Waals surface area contributed by atoms with E-state index in [2.05, 4.69) is 0 Å². The summed E-state index contributed by atoms with van der Waals surface area (Å²) in [5.41, 5.74) is 0. The van der Waals surface area contributed by atoms with Crippen LogP contribution in [0.3, 0.4) is 0 Å². The molecule has 0 aliphatic heterocycles. The number of allylic oxidation sites excluding steroid dienone is 2. The van der Waals surface area contributed by atoms with Crippen LogP contribution in [-0.2, 0) is 4.79 Å². The molecule has 0 fully saturated rings. The Morgan fingerprint density at radius 1 is 1.13 bits per heavy atom. The minimum atomic E-state index is 0.206. The van der Waals surface area contributed by atoms with Crippen LogP contribution in [0.4, 0.5) is 0 Å². The number of carbonyl (C=O) groups is 1. The third kappa shape index (κ3) is 2.77. The molecule has 0 unspecified atom stereocenters. The number of thioether (sulfide) groups is 1. The maximum absolute atomic E-state index is 11.0. The zero-order valence-corrected chi connectivity index (χ0v) is 10.1. The van der Waals surface area contributed by atoms with Crippen molar-refractivity contribution in [1.29, 1.82) is 0 Å². The predicted octanol–water partition coefficient (Wildman–Crippen LogP) is 4.33. The normalized spacial score (nSPS) is 15.6. The Kier molecular flexibility index (Phi) is 3.39. The lowest BCUT2D eigenvalue weighted by molar-refractivity contribution is -0.114. The van der Waals surface area contributed by atoms with Crippen molar-refractivity contribution in [2.45, 2.75) is 17.7 Å². The van der Waals surface area contributed by atoms with Crippen molar-refractivity contribution in [3.8, 4) is 0 Å². The molecular formula is C11H8Cl2OS. The molecule has 0 amide bonds.